The molecule has 0 saturated carbocycles. The van der Waals surface area contributed by atoms with Crippen molar-refractivity contribution in [2.45, 2.75) is 39.3 Å². The zero-order chi connectivity index (χ0) is 15.0. The molecule has 1 aromatic carbocycles. The standard InChI is InChI=1S/C15H23F2NO2/c1-11(2)20-14-6-4-13(5-7-14)12(3)18-8-9-19-10-15(16)17/h4-7,11-12,15,18H,8-10H2,1-3H3. The topological polar surface area (TPSA) is 30.5 Å². The third-order valence-corrected chi connectivity index (χ3v) is 2.69. The van der Waals surface area contributed by atoms with Crippen LogP contribution in [-0.2, 0) is 4.74 Å². The molecule has 3 nitrogen and oxygen atoms in total. The minimum Gasteiger partial charge on any atom is -0.491 e. The van der Waals surface area contributed by atoms with E-state index in [1.54, 1.807) is 0 Å². The molecular weight excluding hydrogens is 264 g/mol. The van der Waals surface area contributed by atoms with Gasteiger partial charge in [0.2, 0.25) is 0 Å². The molecule has 0 bridgehead atoms. The third-order valence-electron chi connectivity index (χ3n) is 2.69. The maximum atomic E-state index is 11.9. The van der Waals surface area contributed by atoms with Gasteiger partial charge < -0.3 is 14.8 Å². The predicted octanol–water partition coefficient (Wildman–Crippen LogP) is 3.41. The Bertz CT molecular complexity index is 369. The molecule has 0 aromatic heterocycles. The number of alkyl halides is 2. The molecule has 20 heavy (non-hydrogen) atoms. The highest BCUT2D eigenvalue weighted by atomic mass is 19.3. The minimum atomic E-state index is -2.40. The highest BCUT2D eigenvalue weighted by Gasteiger charge is 2.06. The van der Waals surface area contributed by atoms with Gasteiger partial charge in [-0.3, -0.25) is 0 Å². The van der Waals surface area contributed by atoms with Crippen LogP contribution in [0.25, 0.3) is 0 Å². The van der Waals surface area contributed by atoms with Gasteiger partial charge in [0.1, 0.15) is 12.4 Å². The first kappa shape index (κ1) is 16.9. The fourth-order valence-electron chi connectivity index (χ4n) is 1.75. The molecule has 1 N–H and O–H groups in total. The first-order valence-electron chi connectivity index (χ1n) is 6.85. The lowest BCUT2D eigenvalue weighted by molar-refractivity contribution is 0.0183. The molecule has 0 heterocycles. The van der Waals surface area contributed by atoms with Crippen LogP contribution in [0.3, 0.4) is 0 Å². The normalized spacial score (nSPS) is 12.9. The molecule has 5 heteroatoms. The predicted molar refractivity (Wildman–Crippen MR) is 75.4 cm³/mol. The van der Waals surface area contributed by atoms with Gasteiger partial charge in [0.15, 0.2) is 0 Å². The van der Waals surface area contributed by atoms with Crippen LogP contribution in [-0.4, -0.2) is 32.3 Å². The summed E-state index contributed by atoms with van der Waals surface area (Å²) in [7, 11) is 0. The van der Waals surface area contributed by atoms with Crippen LogP contribution in [0.4, 0.5) is 8.78 Å². The SMILES string of the molecule is CC(C)Oc1ccc(C(C)NCCOCC(F)F)cc1. The summed E-state index contributed by atoms with van der Waals surface area (Å²) in [6.07, 6.45) is -2.25. The van der Waals surface area contributed by atoms with Crippen molar-refractivity contribution >= 4 is 0 Å². The van der Waals surface area contributed by atoms with E-state index in [0.29, 0.717) is 6.54 Å². The van der Waals surface area contributed by atoms with Crippen LogP contribution in [0.15, 0.2) is 24.3 Å². The molecule has 1 atom stereocenters. The molecule has 0 aliphatic rings. The van der Waals surface area contributed by atoms with E-state index in [4.69, 9.17) is 9.47 Å². The Kier molecular flexibility index (Phi) is 7.47. The molecule has 0 saturated heterocycles. The highest BCUT2D eigenvalue weighted by Crippen LogP contribution is 2.18. The summed E-state index contributed by atoms with van der Waals surface area (Å²) in [6.45, 7) is 6.30. The van der Waals surface area contributed by atoms with Crippen molar-refractivity contribution in [3.8, 4) is 5.75 Å². The average molecular weight is 287 g/mol. The van der Waals surface area contributed by atoms with Gasteiger partial charge in [0.25, 0.3) is 6.43 Å². The van der Waals surface area contributed by atoms with Gasteiger partial charge in [0, 0.05) is 12.6 Å². The molecular formula is C15H23F2NO2. The van der Waals surface area contributed by atoms with Gasteiger partial charge in [-0.2, -0.15) is 0 Å². The summed E-state index contributed by atoms with van der Waals surface area (Å²) in [5, 5.41) is 3.22. The summed E-state index contributed by atoms with van der Waals surface area (Å²) in [5.41, 5.74) is 1.12. The van der Waals surface area contributed by atoms with Crippen molar-refractivity contribution < 1.29 is 18.3 Å². The van der Waals surface area contributed by atoms with Gasteiger partial charge in [-0.05, 0) is 38.5 Å². The second-order valence-electron chi connectivity index (χ2n) is 4.88. The number of halogens is 2. The Hall–Kier alpha value is -1.20. The van der Waals surface area contributed by atoms with E-state index in [1.807, 2.05) is 45.0 Å². The second kappa shape index (κ2) is 8.87. The van der Waals surface area contributed by atoms with E-state index in [-0.39, 0.29) is 18.8 Å². The second-order valence-corrected chi connectivity index (χ2v) is 4.88. The molecule has 0 radical (unpaired) electrons. The Labute approximate surface area is 119 Å². The van der Waals surface area contributed by atoms with Crippen molar-refractivity contribution in [3.05, 3.63) is 29.8 Å². The maximum absolute atomic E-state index is 11.9. The average Bonchev–Trinajstić information content (AvgIpc) is 2.38. The molecule has 114 valence electrons. The summed E-state index contributed by atoms with van der Waals surface area (Å²) in [4.78, 5) is 0. The summed E-state index contributed by atoms with van der Waals surface area (Å²) in [5.74, 6) is 0.844. The summed E-state index contributed by atoms with van der Waals surface area (Å²) >= 11 is 0. The fraction of sp³-hybridized carbons (Fsp3) is 0.600. The largest absolute Gasteiger partial charge is 0.491 e. The number of nitrogens with one attached hydrogen (secondary N) is 1. The zero-order valence-corrected chi connectivity index (χ0v) is 12.2. The number of rotatable bonds is 9. The fourth-order valence-corrected chi connectivity index (χ4v) is 1.75. The van der Waals surface area contributed by atoms with E-state index < -0.39 is 13.0 Å². The van der Waals surface area contributed by atoms with E-state index in [1.165, 1.54) is 0 Å². The summed E-state index contributed by atoms with van der Waals surface area (Å²) in [6, 6.07) is 7.99. The zero-order valence-electron chi connectivity index (χ0n) is 12.2. The van der Waals surface area contributed by atoms with E-state index in [9.17, 15) is 8.78 Å². The lowest BCUT2D eigenvalue weighted by Gasteiger charge is -2.15. The van der Waals surface area contributed by atoms with Crippen molar-refractivity contribution in [1.82, 2.24) is 5.32 Å². The van der Waals surface area contributed by atoms with Gasteiger partial charge >= 0.3 is 0 Å². The lowest BCUT2D eigenvalue weighted by Crippen LogP contribution is -2.24. The van der Waals surface area contributed by atoms with Crippen molar-refractivity contribution in [1.29, 1.82) is 0 Å². The van der Waals surface area contributed by atoms with Crippen LogP contribution >= 0.6 is 0 Å². The quantitative estimate of drug-likeness (QED) is 0.706. The van der Waals surface area contributed by atoms with Gasteiger partial charge in [-0.25, -0.2) is 8.78 Å². The Morgan fingerprint density at radius 2 is 1.75 bits per heavy atom. The minimum absolute atomic E-state index is 0.137. The molecule has 1 unspecified atom stereocenters. The van der Waals surface area contributed by atoms with E-state index >= 15 is 0 Å². The first-order chi connectivity index (χ1) is 9.49. The van der Waals surface area contributed by atoms with Gasteiger partial charge in [0.05, 0.1) is 12.7 Å². The molecule has 0 spiro atoms. The smallest absolute Gasteiger partial charge is 0.261 e. The molecule has 1 aromatic rings. The van der Waals surface area contributed by atoms with Crippen LogP contribution in [0.5, 0.6) is 5.75 Å². The molecule has 0 amide bonds. The van der Waals surface area contributed by atoms with Crippen LogP contribution in [0.1, 0.15) is 32.4 Å². The molecule has 0 aliphatic carbocycles. The lowest BCUT2D eigenvalue weighted by atomic mass is 10.1. The first-order valence-corrected chi connectivity index (χ1v) is 6.85. The molecule has 0 fully saturated rings. The van der Waals surface area contributed by atoms with E-state index in [2.05, 4.69) is 5.32 Å². The van der Waals surface area contributed by atoms with Crippen molar-refractivity contribution in [2.24, 2.45) is 0 Å². The van der Waals surface area contributed by atoms with Crippen LogP contribution in [0.2, 0.25) is 0 Å². The summed E-state index contributed by atoms with van der Waals surface area (Å²) < 4.78 is 34.1. The number of hydrogen-bond acceptors (Lipinski definition) is 3. The van der Waals surface area contributed by atoms with Gasteiger partial charge in [-0.1, -0.05) is 12.1 Å². The van der Waals surface area contributed by atoms with Crippen molar-refractivity contribution in [2.75, 3.05) is 19.8 Å². The van der Waals surface area contributed by atoms with Gasteiger partial charge in [-0.15, -0.1) is 0 Å². The highest BCUT2D eigenvalue weighted by molar-refractivity contribution is 5.29. The Morgan fingerprint density at radius 1 is 1.10 bits per heavy atom. The molecule has 0 aliphatic heterocycles. The molecule has 1 rings (SSSR count). The number of benzene rings is 1. The Balaban J connectivity index is 2.30. The maximum Gasteiger partial charge on any atom is 0.261 e. The monoisotopic (exact) mass is 287 g/mol. The number of ether oxygens (including phenoxy) is 2. The third kappa shape index (κ3) is 6.82. The Morgan fingerprint density at radius 3 is 2.30 bits per heavy atom. The van der Waals surface area contributed by atoms with E-state index in [0.717, 1.165) is 11.3 Å². The van der Waals surface area contributed by atoms with Crippen LogP contribution < -0.4 is 10.1 Å². The number of hydrogen-bond donors (Lipinski definition) is 1. The van der Waals surface area contributed by atoms with Crippen molar-refractivity contribution in [3.63, 3.8) is 0 Å². The van der Waals surface area contributed by atoms with Crippen LogP contribution in [0, 0.1) is 0 Å².